The molecule has 0 amide bonds. The summed E-state index contributed by atoms with van der Waals surface area (Å²) in [6.07, 6.45) is 2.61. The summed E-state index contributed by atoms with van der Waals surface area (Å²) in [4.78, 5) is 20.3. The van der Waals surface area contributed by atoms with Crippen LogP contribution in [-0.2, 0) is 6.42 Å². The number of aryl methyl sites for hydroxylation is 3. The van der Waals surface area contributed by atoms with E-state index in [-0.39, 0.29) is 11.4 Å². The Kier molecular flexibility index (Phi) is 5.29. The molecule has 1 fully saturated rings. The van der Waals surface area contributed by atoms with E-state index in [1.807, 2.05) is 32.9 Å². The van der Waals surface area contributed by atoms with Gasteiger partial charge in [0.15, 0.2) is 5.58 Å². The van der Waals surface area contributed by atoms with Gasteiger partial charge >= 0.3 is 0 Å². The summed E-state index contributed by atoms with van der Waals surface area (Å²) in [5, 5.41) is 5.14. The first kappa shape index (κ1) is 20.8. The number of rotatable bonds is 4. The fraction of sp³-hybridized carbons (Fsp3) is 0.400. The number of hydrogen-bond donors (Lipinski definition) is 0. The molecule has 0 radical (unpaired) electrons. The zero-order chi connectivity index (χ0) is 22.4. The number of halogens is 1. The molecule has 0 unspecified atom stereocenters. The van der Waals surface area contributed by atoms with Crippen LogP contribution in [0.3, 0.4) is 0 Å². The van der Waals surface area contributed by atoms with E-state index in [0.717, 1.165) is 66.1 Å². The third-order valence-electron chi connectivity index (χ3n) is 6.67. The molecule has 4 heterocycles. The average molecular weight is 435 g/mol. The second kappa shape index (κ2) is 8.13. The highest BCUT2D eigenvalue weighted by Gasteiger charge is 2.25. The summed E-state index contributed by atoms with van der Waals surface area (Å²) >= 11 is 0. The van der Waals surface area contributed by atoms with Crippen molar-refractivity contribution in [2.75, 3.05) is 19.6 Å². The Hall–Kier alpha value is -3.06. The monoisotopic (exact) mass is 434 g/mol. The van der Waals surface area contributed by atoms with Crippen LogP contribution in [0.2, 0.25) is 0 Å². The number of pyridine rings is 1. The summed E-state index contributed by atoms with van der Waals surface area (Å²) in [6.45, 7) is 8.59. The first-order chi connectivity index (χ1) is 15.4. The van der Waals surface area contributed by atoms with E-state index in [0.29, 0.717) is 23.6 Å². The Balaban J connectivity index is 1.28. The molecule has 0 aliphatic carbocycles. The molecule has 5 rings (SSSR count). The Bertz CT molecular complexity index is 1370. The van der Waals surface area contributed by atoms with Gasteiger partial charge in [-0.25, -0.2) is 9.37 Å². The van der Waals surface area contributed by atoms with Gasteiger partial charge in [-0.1, -0.05) is 5.16 Å². The molecule has 3 aromatic heterocycles. The van der Waals surface area contributed by atoms with Gasteiger partial charge in [0.05, 0.1) is 5.69 Å². The van der Waals surface area contributed by atoms with Crippen molar-refractivity contribution in [1.29, 1.82) is 0 Å². The second-order valence-electron chi connectivity index (χ2n) is 8.92. The SMILES string of the molecule is Cc1cc(C)n2c(=O)c(CCN3CCC(c4noc5cc(F)ccc45)CC3)c(C)nc2c1. The van der Waals surface area contributed by atoms with E-state index in [1.165, 1.54) is 12.1 Å². The van der Waals surface area contributed by atoms with E-state index < -0.39 is 0 Å². The van der Waals surface area contributed by atoms with E-state index in [9.17, 15) is 9.18 Å². The van der Waals surface area contributed by atoms with Crippen LogP contribution in [0.25, 0.3) is 16.6 Å². The van der Waals surface area contributed by atoms with E-state index in [2.05, 4.69) is 10.1 Å². The number of aromatic nitrogens is 3. The number of nitrogens with zero attached hydrogens (tertiary/aromatic N) is 4. The molecule has 166 valence electrons. The lowest BCUT2D eigenvalue weighted by molar-refractivity contribution is 0.211. The minimum atomic E-state index is -0.310. The zero-order valence-electron chi connectivity index (χ0n) is 18.7. The van der Waals surface area contributed by atoms with E-state index >= 15 is 0 Å². The van der Waals surface area contributed by atoms with Crippen LogP contribution in [0.5, 0.6) is 0 Å². The molecule has 1 aliphatic heterocycles. The maximum Gasteiger partial charge on any atom is 0.261 e. The summed E-state index contributed by atoms with van der Waals surface area (Å²) in [5.74, 6) is -0.00623. The van der Waals surface area contributed by atoms with Crippen molar-refractivity contribution in [2.45, 2.75) is 46.0 Å². The number of fused-ring (bicyclic) bond motifs is 2. The third kappa shape index (κ3) is 3.71. The Labute approximate surface area is 185 Å². The number of piperidine rings is 1. The van der Waals surface area contributed by atoms with Gasteiger partial charge in [-0.15, -0.1) is 0 Å². The van der Waals surface area contributed by atoms with E-state index in [4.69, 9.17) is 9.51 Å². The maximum absolute atomic E-state index is 13.4. The van der Waals surface area contributed by atoms with Crippen LogP contribution in [0, 0.1) is 26.6 Å². The van der Waals surface area contributed by atoms with Crippen LogP contribution in [0.1, 0.15) is 47.0 Å². The lowest BCUT2D eigenvalue weighted by Crippen LogP contribution is -2.36. The van der Waals surface area contributed by atoms with Crippen molar-refractivity contribution in [3.8, 4) is 0 Å². The van der Waals surface area contributed by atoms with Gasteiger partial charge in [0.25, 0.3) is 5.56 Å². The van der Waals surface area contributed by atoms with Crippen LogP contribution < -0.4 is 5.56 Å². The first-order valence-electron chi connectivity index (χ1n) is 11.2. The molecule has 0 saturated carbocycles. The summed E-state index contributed by atoms with van der Waals surface area (Å²) in [7, 11) is 0. The number of benzene rings is 1. The van der Waals surface area contributed by atoms with Crippen molar-refractivity contribution in [3.05, 3.63) is 74.7 Å². The Morgan fingerprint density at radius 3 is 2.69 bits per heavy atom. The fourth-order valence-electron chi connectivity index (χ4n) is 4.97. The molecule has 0 spiro atoms. The standard InChI is InChI=1S/C25H27FN4O2/c1-15-12-16(2)30-23(13-15)27-17(3)20(25(30)31)8-11-29-9-6-18(7-10-29)24-21-5-4-19(26)14-22(21)32-28-24/h4-5,12-14,18H,6-11H2,1-3H3. The quantitative estimate of drug-likeness (QED) is 0.479. The highest BCUT2D eigenvalue weighted by Crippen LogP contribution is 2.32. The second-order valence-corrected chi connectivity index (χ2v) is 8.92. The van der Waals surface area contributed by atoms with Gasteiger partial charge in [-0.05, 0) is 83.0 Å². The molecule has 4 aromatic rings. The minimum absolute atomic E-state index is 0.0428. The zero-order valence-corrected chi connectivity index (χ0v) is 18.7. The lowest BCUT2D eigenvalue weighted by atomic mass is 9.91. The molecule has 0 bridgehead atoms. The third-order valence-corrected chi connectivity index (χ3v) is 6.67. The van der Waals surface area contributed by atoms with Crippen molar-refractivity contribution in [1.82, 2.24) is 19.4 Å². The summed E-state index contributed by atoms with van der Waals surface area (Å²) < 4.78 is 20.5. The highest BCUT2D eigenvalue weighted by atomic mass is 19.1. The van der Waals surface area contributed by atoms with Gasteiger partial charge in [0.1, 0.15) is 11.5 Å². The highest BCUT2D eigenvalue weighted by molar-refractivity contribution is 5.79. The fourth-order valence-corrected chi connectivity index (χ4v) is 4.97. The predicted molar refractivity (Wildman–Crippen MR) is 122 cm³/mol. The van der Waals surface area contributed by atoms with Crippen LogP contribution >= 0.6 is 0 Å². The van der Waals surface area contributed by atoms with Crippen LogP contribution in [0.15, 0.2) is 39.6 Å². The smallest absolute Gasteiger partial charge is 0.261 e. The van der Waals surface area contributed by atoms with E-state index in [1.54, 1.807) is 10.5 Å². The van der Waals surface area contributed by atoms with Gasteiger partial charge in [0, 0.05) is 40.9 Å². The van der Waals surface area contributed by atoms with Crippen molar-refractivity contribution in [3.63, 3.8) is 0 Å². The molecule has 1 aliphatic rings. The minimum Gasteiger partial charge on any atom is -0.356 e. The van der Waals surface area contributed by atoms with Gasteiger partial charge < -0.3 is 9.42 Å². The van der Waals surface area contributed by atoms with Gasteiger partial charge in [-0.2, -0.15) is 0 Å². The summed E-state index contributed by atoms with van der Waals surface area (Å²) in [6, 6.07) is 8.58. The lowest BCUT2D eigenvalue weighted by Gasteiger charge is -2.31. The van der Waals surface area contributed by atoms with Crippen LogP contribution in [0.4, 0.5) is 4.39 Å². The molecule has 1 saturated heterocycles. The van der Waals surface area contributed by atoms with Gasteiger partial charge in [-0.3, -0.25) is 9.20 Å². The molecule has 6 nitrogen and oxygen atoms in total. The molecule has 7 heteroatoms. The topological polar surface area (TPSA) is 63.6 Å². The van der Waals surface area contributed by atoms with Crippen molar-refractivity contribution < 1.29 is 8.91 Å². The van der Waals surface area contributed by atoms with Gasteiger partial charge in [0.2, 0.25) is 0 Å². The molecule has 32 heavy (non-hydrogen) atoms. The Morgan fingerprint density at radius 2 is 1.91 bits per heavy atom. The molecule has 0 N–H and O–H groups in total. The maximum atomic E-state index is 13.4. The average Bonchev–Trinajstić information content (AvgIpc) is 3.16. The first-order valence-corrected chi connectivity index (χ1v) is 11.2. The van der Waals surface area contributed by atoms with Crippen molar-refractivity contribution in [2.24, 2.45) is 0 Å². The largest absolute Gasteiger partial charge is 0.356 e. The molecule has 1 aromatic carbocycles. The van der Waals surface area contributed by atoms with Crippen LogP contribution in [-0.4, -0.2) is 39.1 Å². The number of likely N-dealkylation sites (tertiary alicyclic amines) is 1. The summed E-state index contributed by atoms with van der Waals surface area (Å²) in [5.41, 5.74) is 5.83. The molecular formula is C25H27FN4O2. The normalized spacial score (nSPS) is 15.8. The Morgan fingerprint density at radius 1 is 1.12 bits per heavy atom. The molecular weight excluding hydrogens is 407 g/mol. The molecule has 0 atom stereocenters. The number of hydrogen-bond acceptors (Lipinski definition) is 5. The predicted octanol–water partition coefficient (Wildman–Crippen LogP) is 4.32. The van der Waals surface area contributed by atoms with Crippen molar-refractivity contribution >= 4 is 16.6 Å².